The van der Waals surface area contributed by atoms with Crippen LogP contribution in [0.1, 0.15) is 31.9 Å². The number of hydrogen-bond acceptors (Lipinski definition) is 3. The number of aryl methyl sites for hydroxylation is 1. The van der Waals surface area contributed by atoms with Crippen molar-refractivity contribution >= 4 is 46.6 Å². The van der Waals surface area contributed by atoms with Gasteiger partial charge in [-0.2, -0.15) is 0 Å². The van der Waals surface area contributed by atoms with Crippen molar-refractivity contribution in [1.29, 1.82) is 0 Å². The molecule has 0 saturated carbocycles. The molecule has 0 aliphatic heterocycles. The topological polar surface area (TPSA) is 58.6 Å². The Morgan fingerprint density at radius 2 is 1.74 bits per heavy atom. The van der Waals surface area contributed by atoms with Crippen LogP contribution in [0.3, 0.4) is 0 Å². The van der Waals surface area contributed by atoms with Crippen molar-refractivity contribution in [2.45, 2.75) is 40.3 Å². The Morgan fingerprint density at radius 1 is 1.03 bits per heavy atom. The first-order valence-electron chi connectivity index (χ1n) is 9.98. The number of nitrogens with one attached hydrogen (secondary N) is 1. The van der Waals surface area contributed by atoms with Crippen LogP contribution in [0.25, 0.3) is 0 Å². The molecule has 5 nitrogen and oxygen atoms in total. The third kappa shape index (κ3) is 7.60. The monoisotopic (exact) mass is 484 g/mol. The third-order valence-electron chi connectivity index (χ3n) is 4.70. The summed E-state index contributed by atoms with van der Waals surface area (Å²) in [7, 11) is 0. The van der Waals surface area contributed by atoms with Crippen molar-refractivity contribution in [3.8, 4) is 5.75 Å². The van der Waals surface area contributed by atoms with Gasteiger partial charge in [-0.15, -0.1) is 0 Å². The van der Waals surface area contributed by atoms with E-state index in [9.17, 15) is 9.59 Å². The molecule has 1 atom stereocenters. The zero-order chi connectivity index (χ0) is 23.1. The maximum atomic E-state index is 13.1. The first-order chi connectivity index (χ1) is 14.6. The Labute approximate surface area is 198 Å². The number of amides is 2. The second-order valence-corrected chi connectivity index (χ2v) is 9.02. The zero-order valence-corrected chi connectivity index (χ0v) is 20.3. The Kier molecular flexibility index (Phi) is 9.48. The van der Waals surface area contributed by atoms with Crippen LogP contribution in [-0.4, -0.2) is 35.9 Å². The van der Waals surface area contributed by atoms with Gasteiger partial charge in [-0.3, -0.25) is 9.59 Å². The molecule has 31 heavy (non-hydrogen) atoms. The highest BCUT2D eigenvalue weighted by Gasteiger charge is 2.27. The van der Waals surface area contributed by atoms with Crippen molar-refractivity contribution in [1.82, 2.24) is 10.2 Å². The normalized spacial score (nSPS) is 11.9. The first kappa shape index (κ1) is 25.3. The fourth-order valence-electron chi connectivity index (χ4n) is 2.80. The van der Waals surface area contributed by atoms with Crippen molar-refractivity contribution in [3.05, 3.63) is 62.6 Å². The highest BCUT2D eigenvalue weighted by molar-refractivity contribution is 6.35. The summed E-state index contributed by atoms with van der Waals surface area (Å²) in [6.07, 6.45) is 0. The zero-order valence-electron chi connectivity index (χ0n) is 18.0. The number of hydrogen-bond donors (Lipinski definition) is 1. The van der Waals surface area contributed by atoms with E-state index in [1.165, 1.54) is 4.90 Å². The summed E-state index contributed by atoms with van der Waals surface area (Å²) in [6.45, 7) is 7.99. The highest BCUT2D eigenvalue weighted by atomic mass is 35.5. The van der Waals surface area contributed by atoms with Crippen LogP contribution in [0.2, 0.25) is 15.1 Å². The lowest BCUT2D eigenvalue weighted by molar-refractivity contribution is -0.142. The molecule has 168 valence electrons. The van der Waals surface area contributed by atoms with Gasteiger partial charge < -0.3 is 15.0 Å². The Balaban J connectivity index is 2.19. The average molecular weight is 486 g/mol. The summed E-state index contributed by atoms with van der Waals surface area (Å²) in [6, 6.07) is 9.50. The molecular formula is C23H27Cl3N2O3. The van der Waals surface area contributed by atoms with E-state index in [-0.39, 0.29) is 25.0 Å². The summed E-state index contributed by atoms with van der Waals surface area (Å²) >= 11 is 18.3. The molecule has 0 radical (unpaired) electrons. The lowest BCUT2D eigenvalue weighted by Crippen LogP contribution is -2.49. The van der Waals surface area contributed by atoms with Crippen molar-refractivity contribution in [2.24, 2.45) is 5.92 Å². The highest BCUT2D eigenvalue weighted by Crippen LogP contribution is 2.24. The Hall–Kier alpha value is -1.95. The summed E-state index contributed by atoms with van der Waals surface area (Å²) < 4.78 is 5.66. The van der Waals surface area contributed by atoms with Crippen LogP contribution in [0.5, 0.6) is 5.75 Å². The van der Waals surface area contributed by atoms with Gasteiger partial charge in [0.05, 0.1) is 0 Å². The fourth-order valence-corrected chi connectivity index (χ4v) is 3.39. The van der Waals surface area contributed by atoms with Crippen LogP contribution in [-0.2, 0) is 16.1 Å². The molecule has 2 aromatic rings. The van der Waals surface area contributed by atoms with Gasteiger partial charge in [-0.05, 0) is 61.2 Å². The van der Waals surface area contributed by atoms with Crippen LogP contribution < -0.4 is 10.1 Å². The van der Waals surface area contributed by atoms with E-state index in [1.807, 2.05) is 20.8 Å². The van der Waals surface area contributed by atoms with Gasteiger partial charge in [0.15, 0.2) is 6.61 Å². The van der Waals surface area contributed by atoms with E-state index < -0.39 is 6.04 Å². The van der Waals surface area contributed by atoms with E-state index in [2.05, 4.69) is 5.32 Å². The van der Waals surface area contributed by atoms with Crippen LogP contribution in [0.4, 0.5) is 0 Å². The second-order valence-electron chi connectivity index (χ2n) is 7.77. The van der Waals surface area contributed by atoms with Gasteiger partial charge in [0.25, 0.3) is 5.91 Å². The van der Waals surface area contributed by atoms with Crippen molar-refractivity contribution in [3.63, 3.8) is 0 Å². The largest absolute Gasteiger partial charge is 0.484 e. The number of carbonyl (C=O) groups is 2. The Bertz CT molecular complexity index is 934. The maximum absolute atomic E-state index is 13.1. The van der Waals surface area contributed by atoms with Crippen LogP contribution >= 0.6 is 34.8 Å². The predicted molar refractivity (Wildman–Crippen MR) is 126 cm³/mol. The fraction of sp³-hybridized carbons (Fsp3) is 0.391. The molecule has 0 heterocycles. The predicted octanol–water partition coefficient (Wildman–Crippen LogP) is 5.52. The smallest absolute Gasteiger partial charge is 0.261 e. The average Bonchev–Trinajstić information content (AvgIpc) is 2.71. The minimum atomic E-state index is -0.714. The van der Waals surface area contributed by atoms with Gasteiger partial charge in [0, 0.05) is 28.2 Å². The van der Waals surface area contributed by atoms with Gasteiger partial charge in [0.1, 0.15) is 11.8 Å². The second kappa shape index (κ2) is 11.6. The molecule has 1 N–H and O–H groups in total. The van der Waals surface area contributed by atoms with Crippen molar-refractivity contribution in [2.75, 3.05) is 13.2 Å². The van der Waals surface area contributed by atoms with Gasteiger partial charge in [0.2, 0.25) is 5.91 Å². The summed E-state index contributed by atoms with van der Waals surface area (Å²) in [4.78, 5) is 27.2. The first-order valence-corrected chi connectivity index (χ1v) is 11.1. The molecule has 0 aliphatic carbocycles. The number of halogens is 3. The lowest BCUT2D eigenvalue weighted by Gasteiger charge is -2.29. The standard InChI is InChI=1S/C23H27Cl3N2O3/c1-14(2)11-27-23(30)16(4)28(12-17-5-6-18(24)10-21(17)26)22(29)13-31-19-7-8-20(25)15(3)9-19/h5-10,14,16H,11-13H2,1-4H3,(H,27,30). The molecule has 0 fully saturated rings. The van der Waals surface area contributed by atoms with E-state index >= 15 is 0 Å². The SMILES string of the molecule is Cc1cc(OCC(=O)N(Cc2ccc(Cl)cc2Cl)C(C)C(=O)NCC(C)C)ccc1Cl. The minimum absolute atomic E-state index is 0.147. The van der Waals surface area contributed by atoms with Crippen LogP contribution in [0, 0.1) is 12.8 Å². The molecule has 0 aliphatic rings. The molecule has 0 bridgehead atoms. The number of nitrogens with zero attached hydrogens (tertiary/aromatic N) is 1. The van der Waals surface area contributed by atoms with E-state index in [4.69, 9.17) is 39.5 Å². The molecule has 0 saturated heterocycles. The van der Waals surface area contributed by atoms with Gasteiger partial charge in [-0.25, -0.2) is 0 Å². The molecule has 0 aromatic heterocycles. The number of rotatable bonds is 9. The Morgan fingerprint density at radius 3 is 2.35 bits per heavy atom. The van der Waals surface area contributed by atoms with Crippen molar-refractivity contribution < 1.29 is 14.3 Å². The summed E-state index contributed by atoms with van der Waals surface area (Å²) in [5.74, 6) is 0.236. The van der Waals surface area contributed by atoms with Crippen LogP contribution in [0.15, 0.2) is 36.4 Å². The van der Waals surface area contributed by atoms with Gasteiger partial charge >= 0.3 is 0 Å². The molecule has 2 rings (SSSR count). The molecule has 2 aromatic carbocycles. The quantitative estimate of drug-likeness (QED) is 0.508. The molecule has 2 amide bonds. The number of ether oxygens (including phenoxy) is 1. The third-order valence-corrected chi connectivity index (χ3v) is 5.71. The summed E-state index contributed by atoms with van der Waals surface area (Å²) in [5.41, 5.74) is 1.53. The number of carbonyl (C=O) groups excluding carboxylic acids is 2. The number of benzene rings is 2. The molecular weight excluding hydrogens is 459 g/mol. The van der Waals surface area contributed by atoms with E-state index in [1.54, 1.807) is 43.3 Å². The molecule has 0 spiro atoms. The maximum Gasteiger partial charge on any atom is 0.261 e. The van der Waals surface area contributed by atoms with E-state index in [0.29, 0.717) is 38.8 Å². The van der Waals surface area contributed by atoms with Gasteiger partial charge in [-0.1, -0.05) is 54.7 Å². The summed E-state index contributed by atoms with van der Waals surface area (Å²) in [5, 5.41) is 4.41. The molecule has 8 heteroatoms. The van der Waals surface area contributed by atoms with E-state index in [0.717, 1.165) is 5.56 Å². The molecule has 1 unspecified atom stereocenters. The lowest BCUT2D eigenvalue weighted by atomic mass is 10.1. The minimum Gasteiger partial charge on any atom is -0.484 e.